The molecule has 21 heavy (non-hydrogen) atoms. The number of halogens is 1. The van der Waals surface area contributed by atoms with Crippen LogP contribution in [0.25, 0.3) is 0 Å². The molecule has 0 aliphatic carbocycles. The quantitative estimate of drug-likeness (QED) is 0.889. The molecule has 0 bridgehead atoms. The van der Waals surface area contributed by atoms with E-state index in [2.05, 4.69) is 36.1 Å². The van der Waals surface area contributed by atoms with Gasteiger partial charge in [-0.2, -0.15) is 10.2 Å². The number of carbonyl (C=O) groups is 1. The van der Waals surface area contributed by atoms with Crippen LogP contribution in [0.15, 0.2) is 23.1 Å². The number of carbonyl (C=O) groups excluding carboxylic acids is 1. The van der Waals surface area contributed by atoms with E-state index in [1.54, 1.807) is 6.20 Å². The molecule has 1 fully saturated rings. The Morgan fingerprint density at radius 2 is 2.10 bits per heavy atom. The summed E-state index contributed by atoms with van der Waals surface area (Å²) < 4.78 is 2.52. The van der Waals surface area contributed by atoms with Gasteiger partial charge in [-0.05, 0) is 15.9 Å². The van der Waals surface area contributed by atoms with E-state index in [0.717, 1.165) is 32.7 Å². The molecule has 7 nitrogen and oxygen atoms in total. The molecule has 0 spiro atoms. The van der Waals surface area contributed by atoms with Gasteiger partial charge in [-0.15, -0.1) is 0 Å². The van der Waals surface area contributed by atoms with Crippen LogP contribution in [0.1, 0.15) is 16.1 Å². The van der Waals surface area contributed by atoms with Crippen molar-refractivity contribution in [3.05, 3.63) is 34.3 Å². The van der Waals surface area contributed by atoms with Crippen molar-refractivity contribution >= 4 is 21.8 Å². The van der Waals surface area contributed by atoms with Gasteiger partial charge >= 0.3 is 0 Å². The van der Waals surface area contributed by atoms with Crippen molar-refractivity contribution in [2.45, 2.75) is 6.54 Å². The number of piperazine rings is 1. The molecule has 3 rings (SSSR count). The molecule has 0 saturated carbocycles. The van der Waals surface area contributed by atoms with Crippen LogP contribution in [0.2, 0.25) is 0 Å². The number of aromatic amines is 1. The average Bonchev–Trinajstić information content (AvgIpc) is 3.08. The van der Waals surface area contributed by atoms with Crippen molar-refractivity contribution in [3.8, 4) is 0 Å². The lowest BCUT2D eigenvalue weighted by Crippen LogP contribution is -2.48. The molecule has 1 amide bonds. The van der Waals surface area contributed by atoms with Gasteiger partial charge in [0.2, 0.25) is 0 Å². The van der Waals surface area contributed by atoms with E-state index >= 15 is 0 Å². The highest BCUT2D eigenvalue weighted by Crippen LogP contribution is 2.16. The molecule has 0 unspecified atom stereocenters. The molecule has 1 saturated heterocycles. The largest absolute Gasteiger partial charge is 0.335 e. The van der Waals surface area contributed by atoms with E-state index in [9.17, 15) is 4.79 Å². The molecule has 8 heteroatoms. The van der Waals surface area contributed by atoms with Crippen LogP contribution in [0.3, 0.4) is 0 Å². The van der Waals surface area contributed by atoms with Crippen molar-refractivity contribution in [2.24, 2.45) is 7.05 Å². The Kier molecular flexibility index (Phi) is 4.07. The van der Waals surface area contributed by atoms with Gasteiger partial charge in [0.1, 0.15) is 5.69 Å². The van der Waals surface area contributed by atoms with Crippen molar-refractivity contribution in [3.63, 3.8) is 0 Å². The van der Waals surface area contributed by atoms with E-state index < -0.39 is 0 Å². The monoisotopic (exact) mass is 352 g/mol. The van der Waals surface area contributed by atoms with Gasteiger partial charge in [-0.25, -0.2) is 0 Å². The van der Waals surface area contributed by atoms with E-state index in [1.807, 2.05) is 29.0 Å². The van der Waals surface area contributed by atoms with Crippen molar-refractivity contribution in [1.82, 2.24) is 29.8 Å². The summed E-state index contributed by atoms with van der Waals surface area (Å²) in [6.45, 7) is 4.07. The predicted molar refractivity (Wildman–Crippen MR) is 80.7 cm³/mol. The summed E-state index contributed by atoms with van der Waals surface area (Å²) in [6.07, 6.45) is 5.52. The van der Waals surface area contributed by atoms with Crippen LogP contribution >= 0.6 is 15.9 Å². The number of aryl methyl sites for hydroxylation is 1. The lowest BCUT2D eigenvalue weighted by molar-refractivity contribution is 0.0622. The van der Waals surface area contributed by atoms with E-state index in [4.69, 9.17) is 0 Å². The summed E-state index contributed by atoms with van der Waals surface area (Å²) in [5.74, 6) is 0.000373. The zero-order valence-electron chi connectivity index (χ0n) is 11.8. The fraction of sp³-hybridized carbons (Fsp3) is 0.462. The molecular formula is C13H17BrN6O. The predicted octanol–water partition coefficient (Wildman–Crippen LogP) is 0.864. The fourth-order valence-electron chi connectivity index (χ4n) is 2.50. The minimum atomic E-state index is 0.000373. The third kappa shape index (κ3) is 3.16. The second kappa shape index (κ2) is 5.98. The Morgan fingerprint density at radius 1 is 1.33 bits per heavy atom. The van der Waals surface area contributed by atoms with Crippen LogP contribution in [0.5, 0.6) is 0 Å². The lowest BCUT2D eigenvalue weighted by atomic mass is 10.2. The standard InChI is InChI=1S/C13H17BrN6O/c1-18-8-10(6-16-18)9-19-2-4-20(5-3-19)13(21)12-11(14)7-15-17-12/h6-8H,2-5,9H2,1H3,(H,15,17). The fourth-order valence-corrected chi connectivity index (χ4v) is 2.86. The molecule has 1 N–H and O–H groups in total. The molecule has 2 aromatic rings. The summed E-state index contributed by atoms with van der Waals surface area (Å²) in [5.41, 5.74) is 1.73. The molecule has 3 heterocycles. The summed E-state index contributed by atoms with van der Waals surface area (Å²) in [5, 5.41) is 10.8. The third-order valence-corrected chi connectivity index (χ3v) is 4.23. The maximum absolute atomic E-state index is 12.3. The first-order chi connectivity index (χ1) is 10.1. The number of amides is 1. The minimum absolute atomic E-state index is 0.000373. The number of nitrogens with zero attached hydrogens (tertiary/aromatic N) is 5. The molecule has 2 aromatic heterocycles. The normalized spacial score (nSPS) is 16.4. The zero-order chi connectivity index (χ0) is 14.8. The van der Waals surface area contributed by atoms with Gasteiger partial charge in [0, 0.05) is 51.5 Å². The topological polar surface area (TPSA) is 70.0 Å². The van der Waals surface area contributed by atoms with Gasteiger partial charge in [0.15, 0.2) is 0 Å². The Morgan fingerprint density at radius 3 is 2.67 bits per heavy atom. The Hall–Kier alpha value is -1.67. The molecule has 1 aliphatic heterocycles. The van der Waals surface area contributed by atoms with Crippen LogP contribution in [-0.2, 0) is 13.6 Å². The van der Waals surface area contributed by atoms with Gasteiger partial charge in [-0.1, -0.05) is 0 Å². The lowest BCUT2D eigenvalue weighted by Gasteiger charge is -2.34. The zero-order valence-corrected chi connectivity index (χ0v) is 13.4. The number of hydrogen-bond donors (Lipinski definition) is 1. The Balaban J connectivity index is 1.55. The number of rotatable bonds is 3. The minimum Gasteiger partial charge on any atom is -0.335 e. The van der Waals surface area contributed by atoms with E-state index in [1.165, 1.54) is 5.56 Å². The molecule has 1 aliphatic rings. The number of aromatic nitrogens is 4. The number of hydrogen-bond acceptors (Lipinski definition) is 4. The van der Waals surface area contributed by atoms with Crippen molar-refractivity contribution in [1.29, 1.82) is 0 Å². The van der Waals surface area contributed by atoms with E-state index in [-0.39, 0.29) is 5.91 Å². The van der Waals surface area contributed by atoms with Crippen LogP contribution in [0, 0.1) is 0 Å². The smallest absolute Gasteiger partial charge is 0.273 e. The van der Waals surface area contributed by atoms with Crippen molar-refractivity contribution < 1.29 is 4.79 Å². The second-order valence-corrected chi connectivity index (χ2v) is 6.04. The summed E-state index contributed by atoms with van der Waals surface area (Å²) in [7, 11) is 1.92. The van der Waals surface area contributed by atoms with Crippen LogP contribution in [-0.4, -0.2) is 61.9 Å². The highest BCUT2D eigenvalue weighted by atomic mass is 79.9. The maximum atomic E-state index is 12.3. The molecule has 0 radical (unpaired) electrons. The first kappa shape index (κ1) is 14.3. The highest BCUT2D eigenvalue weighted by Gasteiger charge is 2.24. The van der Waals surface area contributed by atoms with Crippen LogP contribution in [0.4, 0.5) is 0 Å². The number of H-pyrrole nitrogens is 1. The Labute approximate surface area is 131 Å². The third-order valence-electron chi connectivity index (χ3n) is 3.63. The molecular weight excluding hydrogens is 336 g/mol. The second-order valence-electron chi connectivity index (χ2n) is 5.18. The first-order valence-electron chi connectivity index (χ1n) is 6.81. The average molecular weight is 353 g/mol. The molecule has 0 atom stereocenters. The van der Waals surface area contributed by atoms with Gasteiger partial charge in [-0.3, -0.25) is 19.5 Å². The highest BCUT2D eigenvalue weighted by molar-refractivity contribution is 9.10. The molecule has 112 valence electrons. The van der Waals surface area contributed by atoms with Gasteiger partial charge < -0.3 is 4.90 Å². The van der Waals surface area contributed by atoms with Gasteiger partial charge in [0.25, 0.3) is 5.91 Å². The van der Waals surface area contributed by atoms with Crippen LogP contribution < -0.4 is 0 Å². The Bertz CT molecular complexity index is 628. The SMILES string of the molecule is Cn1cc(CN2CCN(C(=O)c3[nH]ncc3Br)CC2)cn1. The summed E-state index contributed by atoms with van der Waals surface area (Å²) in [6, 6.07) is 0. The number of nitrogens with one attached hydrogen (secondary N) is 1. The first-order valence-corrected chi connectivity index (χ1v) is 7.61. The van der Waals surface area contributed by atoms with Crippen molar-refractivity contribution in [2.75, 3.05) is 26.2 Å². The maximum Gasteiger partial charge on any atom is 0.273 e. The van der Waals surface area contributed by atoms with Gasteiger partial charge in [0.05, 0.1) is 16.9 Å². The summed E-state index contributed by atoms with van der Waals surface area (Å²) >= 11 is 3.33. The summed E-state index contributed by atoms with van der Waals surface area (Å²) in [4.78, 5) is 16.5. The molecule has 0 aromatic carbocycles. The van der Waals surface area contributed by atoms with E-state index in [0.29, 0.717) is 10.2 Å².